The number of carboxylic acids is 1. The van der Waals surface area contributed by atoms with Gasteiger partial charge >= 0.3 is 5.97 Å². The van der Waals surface area contributed by atoms with Crippen molar-refractivity contribution in [3.05, 3.63) is 18.2 Å². The van der Waals surface area contributed by atoms with Crippen LogP contribution in [0, 0.1) is 11.8 Å². The van der Waals surface area contributed by atoms with Gasteiger partial charge in [-0.05, 0) is 31.6 Å². The molecule has 1 rings (SSSR count). The maximum Gasteiger partial charge on any atom is 0.326 e. The van der Waals surface area contributed by atoms with E-state index >= 15 is 0 Å². The molecule has 0 aliphatic carbocycles. The summed E-state index contributed by atoms with van der Waals surface area (Å²) in [5.41, 5.74) is 6.24. The molecule has 1 heterocycles. The Morgan fingerprint density at radius 2 is 1.41 bits per heavy atom. The van der Waals surface area contributed by atoms with Gasteiger partial charge in [-0.15, -0.1) is 0 Å². The van der Waals surface area contributed by atoms with Gasteiger partial charge in [-0.2, -0.15) is 0 Å². The van der Waals surface area contributed by atoms with Gasteiger partial charge in [0.2, 0.25) is 17.7 Å². The highest BCUT2D eigenvalue weighted by Crippen LogP contribution is 2.10. The van der Waals surface area contributed by atoms with Gasteiger partial charge in [0.15, 0.2) is 0 Å². The van der Waals surface area contributed by atoms with Crippen molar-refractivity contribution in [2.45, 2.75) is 84.2 Å². The van der Waals surface area contributed by atoms with Crippen LogP contribution < -0.4 is 21.7 Å². The Morgan fingerprint density at radius 3 is 1.88 bits per heavy atom. The van der Waals surface area contributed by atoms with Gasteiger partial charge in [0.25, 0.3) is 0 Å². The SMILES string of the molecule is CC(C)CC(NC(=O)C(CC(C)C)NC(=O)C(Cc1cnc[nH]1)NC(=O)C(N)C(C)O)C(=O)O. The molecular formula is C22H38N6O6. The molecule has 192 valence electrons. The van der Waals surface area contributed by atoms with E-state index in [1.807, 2.05) is 27.7 Å². The van der Waals surface area contributed by atoms with Gasteiger partial charge in [-0.25, -0.2) is 9.78 Å². The summed E-state index contributed by atoms with van der Waals surface area (Å²) in [4.78, 5) is 56.8. The topological polar surface area (TPSA) is 200 Å². The van der Waals surface area contributed by atoms with Crippen molar-refractivity contribution in [1.82, 2.24) is 25.9 Å². The van der Waals surface area contributed by atoms with Crippen LogP contribution in [0.5, 0.6) is 0 Å². The van der Waals surface area contributed by atoms with Crippen LogP contribution in [-0.2, 0) is 25.6 Å². The van der Waals surface area contributed by atoms with Gasteiger partial charge < -0.3 is 36.9 Å². The number of aromatic nitrogens is 2. The van der Waals surface area contributed by atoms with Crippen molar-refractivity contribution in [3.8, 4) is 0 Å². The summed E-state index contributed by atoms with van der Waals surface area (Å²) in [5, 5.41) is 26.7. The minimum absolute atomic E-state index is 0.00809. The number of nitrogens with zero attached hydrogens (tertiary/aromatic N) is 1. The van der Waals surface area contributed by atoms with Gasteiger partial charge in [0.05, 0.1) is 12.4 Å². The molecule has 0 radical (unpaired) electrons. The number of H-pyrrole nitrogens is 1. The molecule has 0 saturated carbocycles. The Balaban J connectivity index is 3.05. The number of aliphatic hydroxyl groups is 1. The first-order chi connectivity index (χ1) is 15.8. The second-order valence-corrected chi connectivity index (χ2v) is 9.33. The summed E-state index contributed by atoms with van der Waals surface area (Å²) in [5.74, 6) is -3.13. The standard InChI is InChI=1S/C22H38N6O6/c1-11(2)6-15(19(30)28-17(22(33)34)7-12(3)4)26-20(31)16(8-14-9-24-10-25-14)27-21(32)18(23)13(5)29/h9-13,15-18,29H,6-8,23H2,1-5H3,(H,24,25)(H,26,31)(H,27,32)(H,28,30)(H,33,34). The lowest BCUT2D eigenvalue weighted by atomic mass is 10.00. The van der Waals surface area contributed by atoms with E-state index in [-0.39, 0.29) is 31.1 Å². The molecule has 3 amide bonds. The van der Waals surface area contributed by atoms with Gasteiger partial charge in [0.1, 0.15) is 24.2 Å². The van der Waals surface area contributed by atoms with Crippen LogP contribution in [0.3, 0.4) is 0 Å². The summed E-state index contributed by atoms with van der Waals surface area (Å²) >= 11 is 0. The number of aliphatic hydroxyl groups excluding tert-OH is 1. The monoisotopic (exact) mass is 482 g/mol. The molecular weight excluding hydrogens is 444 g/mol. The Labute approximate surface area is 199 Å². The summed E-state index contributed by atoms with van der Waals surface area (Å²) in [6, 6.07) is -4.48. The zero-order valence-corrected chi connectivity index (χ0v) is 20.4. The van der Waals surface area contributed by atoms with Crippen molar-refractivity contribution in [3.63, 3.8) is 0 Å². The van der Waals surface area contributed by atoms with Crippen LogP contribution >= 0.6 is 0 Å². The molecule has 5 atom stereocenters. The summed E-state index contributed by atoms with van der Waals surface area (Å²) < 4.78 is 0. The van der Waals surface area contributed by atoms with E-state index in [4.69, 9.17) is 5.73 Å². The van der Waals surface area contributed by atoms with Crippen molar-refractivity contribution in [2.75, 3.05) is 0 Å². The van der Waals surface area contributed by atoms with E-state index in [0.29, 0.717) is 5.69 Å². The van der Waals surface area contributed by atoms with Crippen LogP contribution in [0.15, 0.2) is 12.5 Å². The number of amides is 3. The summed E-state index contributed by atoms with van der Waals surface area (Å²) in [7, 11) is 0. The van der Waals surface area contributed by atoms with Crippen molar-refractivity contribution in [1.29, 1.82) is 0 Å². The number of carboxylic acid groups (broad SMARTS) is 1. The highest BCUT2D eigenvalue weighted by molar-refractivity contribution is 5.94. The lowest BCUT2D eigenvalue weighted by Gasteiger charge is -2.26. The fourth-order valence-electron chi connectivity index (χ4n) is 3.25. The van der Waals surface area contributed by atoms with E-state index in [2.05, 4.69) is 25.9 Å². The molecule has 1 aromatic heterocycles. The largest absolute Gasteiger partial charge is 0.480 e. The molecule has 0 aliphatic heterocycles. The number of carbonyl (C=O) groups is 4. The summed E-state index contributed by atoms with van der Waals surface area (Å²) in [6.07, 6.45) is 2.30. The highest BCUT2D eigenvalue weighted by atomic mass is 16.4. The molecule has 0 fully saturated rings. The molecule has 0 saturated heterocycles. The first kappa shape index (κ1) is 29.0. The third kappa shape index (κ3) is 9.87. The number of aliphatic carboxylic acids is 1. The zero-order valence-electron chi connectivity index (χ0n) is 20.4. The second kappa shape index (κ2) is 13.7. The highest BCUT2D eigenvalue weighted by Gasteiger charge is 2.31. The number of rotatable bonds is 14. The van der Waals surface area contributed by atoms with Crippen LogP contribution in [0.25, 0.3) is 0 Å². The number of nitrogens with one attached hydrogen (secondary N) is 4. The fourth-order valence-corrected chi connectivity index (χ4v) is 3.25. The first-order valence-electron chi connectivity index (χ1n) is 11.4. The third-order valence-corrected chi connectivity index (χ3v) is 5.10. The maximum atomic E-state index is 13.1. The van der Waals surface area contributed by atoms with Gasteiger partial charge in [-0.1, -0.05) is 27.7 Å². The predicted octanol–water partition coefficient (Wildman–Crippen LogP) is -0.708. The number of hydrogen-bond acceptors (Lipinski definition) is 7. The lowest BCUT2D eigenvalue weighted by Crippen LogP contribution is -2.58. The molecule has 12 nitrogen and oxygen atoms in total. The van der Waals surface area contributed by atoms with Crippen LogP contribution in [0.1, 0.15) is 53.2 Å². The molecule has 0 aromatic carbocycles. The fraction of sp³-hybridized carbons (Fsp3) is 0.682. The first-order valence-corrected chi connectivity index (χ1v) is 11.4. The van der Waals surface area contributed by atoms with Crippen molar-refractivity contribution >= 4 is 23.7 Å². The van der Waals surface area contributed by atoms with E-state index < -0.39 is 54.0 Å². The van der Waals surface area contributed by atoms with Crippen molar-refractivity contribution in [2.24, 2.45) is 17.6 Å². The molecule has 0 aliphatic rings. The Bertz CT molecular complexity index is 811. The lowest BCUT2D eigenvalue weighted by molar-refractivity contribution is -0.143. The Kier molecular flexibility index (Phi) is 11.7. The predicted molar refractivity (Wildman–Crippen MR) is 124 cm³/mol. The number of imidazole rings is 1. The number of aromatic amines is 1. The molecule has 8 N–H and O–H groups in total. The van der Waals surface area contributed by atoms with Crippen LogP contribution in [0.4, 0.5) is 0 Å². The van der Waals surface area contributed by atoms with Gasteiger partial charge in [-0.3, -0.25) is 14.4 Å². The normalized spacial score (nSPS) is 15.8. The van der Waals surface area contributed by atoms with Gasteiger partial charge in [0, 0.05) is 18.3 Å². The molecule has 34 heavy (non-hydrogen) atoms. The van der Waals surface area contributed by atoms with Crippen LogP contribution in [-0.4, -0.2) is 74.1 Å². The van der Waals surface area contributed by atoms with E-state index in [1.165, 1.54) is 19.4 Å². The van der Waals surface area contributed by atoms with E-state index in [1.54, 1.807) is 0 Å². The second-order valence-electron chi connectivity index (χ2n) is 9.33. The minimum atomic E-state index is -1.25. The number of nitrogens with two attached hydrogens (primary N) is 1. The third-order valence-electron chi connectivity index (χ3n) is 5.10. The number of carbonyl (C=O) groups excluding carboxylic acids is 3. The molecule has 0 spiro atoms. The minimum Gasteiger partial charge on any atom is -0.480 e. The Morgan fingerprint density at radius 1 is 0.912 bits per heavy atom. The Hall–Kier alpha value is -2.99. The summed E-state index contributed by atoms with van der Waals surface area (Å²) in [6.45, 7) is 8.76. The molecule has 5 unspecified atom stereocenters. The average Bonchev–Trinajstić information content (AvgIpc) is 3.23. The number of hydrogen-bond donors (Lipinski definition) is 7. The molecule has 0 bridgehead atoms. The smallest absolute Gasteiger partial charge is 0.326 e. The zero-order chi connectivity index (χ0) is 26.0. The maximum absolute atomic E-state index is 13.1. The van der Waals surface area contributed by atoms with E-state index in [9.17, 15) is 29.4 Å². The molecule has 12 heteroatoms. The van der Waals surface area contributed by atoms with E-state index in [0.717, 1.165) is 0 Å². The average molecular weight is 483 g/mol. The van der Waals surface area contributed by atoms with Crippen molar-refractivity contribution < 1.29 is 29.4 Å². The molecule has 1 aromatic rings. The van der Waals surface area contributed by atoms with Crippen LogP contribution in [0.2, 0.25) is 0 Å². The quantitative estimate of drug-likeness (QED) is 0.180.